The zero-order valence-corrected chi connectivity index (χ0v) is 20.2. The molecule has 0 aromatic rings. The van der Waals surface area contributed by atoms with E-state index >= 15 is 0 Å². The second kappa shape index (κ2) is 16.1. The minimum atomic E-state index is -0.491. The minimum absolute atomic E-state index is 0. The summed E-state index contributed by atoms with van der Waals surface area (Å²) in [6, 6.07) is -0.152. The summed E-state index contributed by atoms with van der Waals surface area (Å²) in [6.45, 7) is 5.64. The van der Waals surface area contributed by atoms with Gasteiger partial charge in [0.2, 0.25) is 0 Å². The minimum Gasteiger partial charge on any atom is -0.444 e. The third-order valence-electron chi connectivity index (χ3n) is 5.88. The summed E-state index contributed by atoms with van der Waals surface area (Å²) < 4.78 is 5.20. The van der Waals surface area contributed by atoms with Gasteiger partial charge in [-0.15, -0.1) is 12.4 Å². The molecule has 0 unspecified atom stereocenters. The maximum atomic E-state index is 11.6. The van der Waals surface area contributed by atoms with Crippen molar-refractivity contribution >= 4 is 18.5 Å². The van der Waals surface area contributed by atoms with Crippen molar-refractivity contribution in [1.29, 1.82) is 0 Å². The van der Waals surface area contributed by atoms with Crippen LogP contribution < -0.4 is 11.1 Å². The SMILES string of the molecule is CC(C)(C)OC(=O)N[C@H](CO)CC1CCCCC1.Cl.N[C@H](CO)CC1CCCCC1. The number of aliphatic hydroxyl groups is 2. The van der Waals surface area contributed by atoms with Gasteiger partial charge < -0.3 is 26.0 Å². The van der Waals surface area contributed by atoms with Crippen molar-refractivity contribution in [2.75, 3.05) is 13.2 Å². The zero-order valence-electron chi connectivity index (χ0n) is 19.4. The molecule has 180 valence electrons. The van der Waals surface area contributed by atoms with Gasteiger partial charge in [-0.25, -0.2) is 4.79 Å². The van der Waals surface area contributed by atoms with Crippen LogP contribution in [0.2, 0.25) is 0 Å². The normalized spacial score (nSPS) is 20.2. The van der Waals surface area contributed by atoms with Crippen molar-refractivity contribution in [3.05, 3.63) is 0 Å². The molecule has 0 aliphatic heterocycles. The number of carbonyl (C=O) groups is 1. The summed E-state index contributed by atoms with van der Waals surface area (Å²) in [6.07, 6.45) is 14.5. The maximum absolute atomic E-state index is 11.6. The molecule has 2 rings (SSSR count). The lowest BCUT2D eigenvalue weighted by atomic mass is 9.85. The van der Waals surface area contributed by atoms with Gasteiger partial charge in [0, 0.05) is 6.04 Å². The van der Waals surface area contributed by atoms with Crippen LogP contribution in [0.1, 0.15) is 97.8 Å². The molecule has 6 nitrogen and oxygen atoms in total. The number of ether oxygens (including phenoxy) is 1. The number of nitrogens with one attached hydrogen (secondary N) is 1. The van der Waals surface area contributed by atoms with Crippen molar-refractivity contribution in [3.63, 3.8) is 0 Å². The number of hydrogen-bond acceptors (Lipinski definition) is 5. The lowest BCUT2D eigenvalue weighted by molar-refractivity contribution is 0.0469. The summed E-state index contributed by atoms with van der Waals surface area (Å²) in [5.74, 6) is 1.43. The second-order valence-electron chi connectivity index (χ2n) is 9.95. The predicted octanol–water partition coefficient (Wildman–Crippen LogP) is 4.54. The molecule has 0 heterocycles. The second-order valence-corrected chi connectivity index (χ2v) is 9.95. The number of halogens is 1. The van der Waals surface area contributed by atoms with E-state index in [0.717, 1.165) is 18.8 Å². The molecule has 0 bridgehead atoms. The summed E-state index contributed by atoms with van der Waals surface area (Å²) >= 11 is 0. The summed E-state index contributed by atoms with van der Waals surface area (Å²) in [7, 11) is 0. The third-order valence-corrected chi connectivity index (χ3v) is 5.88. The molecule has 0 spiro atoms. The quantitative estimate of drug-likeness (QED) is 0.455. The number of alkyl carbamates (subject to hydrolysis) is 1. The highest BCUT2D eigenvalue weighted by atomic mass is 35.5. The highest BCUT2D eigenvalue weighted by Gasteiger charge is 2.22. The van der Waals surface area contributed by atoms with Crippen LogP contribution in [0.15, 0.2) is 0 Å². The summed E-state index contributed by atoms with van der Waals surface area (Å²) in [4.78, 5) is 11.6. The molecule has 2 saturated carbocycles. The number of hydrogen-bond donors (Lipinski definition) is 4. The van der Waals surface area contributed by atoms with Crippen LogP contribution in [0.4, 0.5) is 4.79 Å². The highest BCUT2D eigenvalue weighted by Crippen LogP contribution is 2.28. The van der Waals surface area contributed by atoms with E-state index in [1.807, 2.05) is 20.8 Å². The third kappa shape index (κ3) is 14.4. The van der Waals surface area contributed by atoms with Gasteiger partial charge in [0.05, 0.1) is 19.3 Å². The number of rotatable bonds is 7. The Labute approximate surface area is 190 Å². The molecule has 30 heavy (non-hydrogen) atoms. The predicted molar refractivity (Wildman–Crippen MR) is 125 cm³/mol. The van der Waals surface area contributed by atoms with Gasteiger partial charge in [0.15, 0.2) is 0 Å². The maximum Gasteiger partial charge on any atom is 0.407 e. The Morgan fingerprint density at radius 1 is 0.933 bits per heavy atom. The molecule has 2 aliphatic rings. The lowest BCUT2D eigenvalue weighted by Crippen LogP contribution is -2.42. The van der Waals surface area contributed by atoms with Crippen LogP contribution >= 0.6 is 12.4 Å². The summed E-state index contributed by atoms with van der Waals surface area (Å²) in [5, 5.41) is 20.8. The molecule has 0 aromatic carbocycles. The Hall–Kier alpha value is -0.560. The van der Waals surface area contributed by atoms with Crippen molar-refractivity contribution < 1.29 is 19.7 Å². The average Bonchev–Trinajstić information content (AvgIpc) is 2.68. The van der Waals surface area contributed by atoms with E-state index in [9.17, 15) is 9.90 Å². The first-order valence-electron chi connectivity index (χ1n) is 11.7. The number of amides is 1. The fraction of sp³-hybridized carbons (Fsp3) is 0.957. The standard InChI is InChI=1S/C14H27NO3.C9H19NO.ClH/c1-14(2,3)18-13(17)15-12(10-16)9-11-7-5-4-6-8-11;10-9(7-11)6-8-4-2-1-3-5-8;/h11-12,16H,4-10H2,1-3H3,(H,15,17);8-9,11H,1-7,10H2;1H/t12-;9-;/m00./s1. The number of nitrogens with two attached hydrogens (primary N) is 1. The van der Waals surface area contributed by atoms with E-state index in [4.69, 9.17) is 15.6 Å². The molecular formula is C23H47ClN2O4. The molecule has 2 atom stereocenters. The molecule has 2 fully saturated rings. The van der Waals surface area contributed by atoms with Crippen molar-refractivity contribution in [2.24, 2.45) is 17.6 Å². The van der Waals surface area contributed by atoms with Gasteiger partial charge in [-0.3, -0.25) is 0 Å². The van der Waals surface area contributed by atoms with E-state index < -0.39 is 11.7 Å². The first kappa shape index (κ1) is 29.4. The van der Waals surface area contributed by atoms with Crippen molar-refractivity contribution in [1.82, 2.24) is 5.32 Å². The highest BCUT2D eigenvalue weighted by molar-refractivity contribution is 5.85. The van der Waals surface area contributed by atoms with Gasteiger partial charge in [-0.2, -0.15) is 0 Å². The van der Waals surface area contributed by atoms with E-state index in [1.165, 1.54) is 64.2 Å². The van der Waals surface area contributed by atoms with Crippen LogP contribution in [0.25, 0.3) is 0 Å². The molecule has 7 heteroatoms. The first-order valence-corrected chi connectivity index (χ1v) is 11.7. The van der Waals surface area contributed by atoms with Crippen LogP contribution in [0.5, 0.6) is 0 Å². The van der Waals surface area contributed by atoms with E-state index in [1.54, 1.807) is 0 Å². The lowest BCUT2D eigenvalue weighted by Gasteiger charge is -2.27. The monoisotopic (exact) mass is 450 g/mol. The van der Waals surface area contributed by atoms with Gasteiger partial charge in [-0.1, -0.05) is 64.2 Å². The molecule has 2 aliphatic carbocycles. The largest absolute Gasteiger partial charge is 0.444 e. The van der Waals surface area contributed by atoms with Gasteiger partial charge >= 0.3 is 6.09 Å². The Bertz CT molecular complexity index is 433. The zero-order chi connectivity index (χ0) is 21.7. The molecule has 0 radical (unpaired) electrons. The van der Waals surface area contributed by atoms with Crippen molar-refractivity contribution in [3.8, 4) is 0 Å². The average molecular weight is 451 g/mol. The molecule has 5 N–H and O–H groups in total. The number of carbonyl (C=O) groups excluding carboxylic acids is 1. The van der Waals surface area contributed by atoms with E-state index in [-0.39, 0.29) is 37.7 Å². The van der Waals surface area contributed by atoms with Crippen LogP contribution in [0, 0.1) is 11.8 Å². The number of aliphatic hydroxyl groups excluding tert-OH is 2. The van der Waals surface area contributed by atoms with Gasteiger partial charge in [-0.05, 0) is 45.4 Å². The topological polar surface area (TPSA) is 105 Å². The summed E-state index contributed by atoms with van der Waals surface area (Å²) in [5.41, 5.74) is 5.16. The van der Waals surface area contributed by atoms with Gasteiger partial charge in [0.1, 0.15) is 5.60 Å². The van der Waals surface area contributed by atoms with E-state index in [0.29, 0.717) is 5.92 Å². The Balaban J connectivity index is 0.000000603. The van der Waals surface area contributed by atoms with E-state index in [2.05, 4.69) is 5.32 Å². The first-order chi connectivity index (χ1) is 13.7. The van der Waals surface area contributed by atoms with Crippen LogP contribution in [-0.2, 0) is 4.74 Å². The fourth-order valence-corrected chi connectivity index (χ4v) is 4.40. The molecule has 0 saturated heterocycles. The van der Waals surface area contributed by atoms with Crippen LogP contribution in [-0.4, -0.2) is 47.2 Å². The van der Waals surface area contributed by atoms with Crippen LogP contribution in [0.3, 0.4) is 0 Å². The Morgan fingerprint density at radius 3 is 1.80 bits per heavy atom. The molecule has 0 aromatic heterocycles. The van der Waals surface area contributed by atoms with Crippen molar-refractivity contribution in [2.45, 2.75) is 116 Å². The smallest absolute Gasteiger partial charge is 0.407 e. The fourth-order valence-electron chi connectivity index (χ4n) is 4.40. The Kier molecular flexibility index (Phi) is 15.8. The molecular weight excluding hydrogens is 404 g/mol. The Morgan fingerprint density at radius 2 is 1.40 bits per heavy atom. The van der Waals surface area contributed by atoms with Gasteiger partial charge in [0.25, 0.3) is 0 Å². The molecule has 1 amide bonds.